The summed E-state index contributed by atoms with van der Waals surface area (Å²) in [5.74, 6) is 0.917. The lowest BCUT2D eigenvalue weighted by Gasteiger charge is -2.44. The molecule has 0 saturated carbocycles. The van der Waals surface area contributed by atoms with E-state index >= 15 is 0 Å². The Hall–Kier alpha value is -2.90. The van der Waals surface area contributed by atoms with Gasteiger partial charge in [-0.3, -0.25) is 9.59 Å². The molecule has 5 rings (SSSR count). The maximum Gasteiger partial charge on any atom is 0.257 e. The fraction of sp³-hybridized carbons (Fsp3) is 0.304. The maximum absolute atomic E-state index is 13.2. The second-order valence-electron chi connectivity index (χ2n) is 8.18. The Morgan fingerprint density at radius 3 is 2.69 bits per heavy atom. The molecule has 1 spiro atoms. The molecule has 2 aliphatic rings. The maximum atomic E-state index is 13.2. The number of carbonyl (C=O) groups excluding carboxylic acids is 2. The van der Waals surface area contributed by atoms with E-state index in [1.54, 1.807) is 34.1 Å². The lowest BCUT2D eigenvalue weighted by Crippen LogP contribution is -2.52. The van der Waals surface area contributed by atoms with E-state index in [0.717, 1.165) is 5.69 Å². The van der Waals surface area contributed by atoms with Crippen LogP contribution in [0, 0.1) is 6.92 Å². The van der Waals surface area contributed by atoms with Gasteiger partial charge in [-0.2, -0.15) is 5.10 Å². The minimum atomic E-state index is -0.661. The number of likely N-dealkylation sites (tertiary alicyclic amines) is 1. The molecule has 0 N–H and O–H groups in total. The van der Waals surface area contributed by atoms with Gasteiger partial charge in [0.25, 0.3) is 5.91 Å². The van der Waals surface area contributed by atoms with Gasteiger partial charge in [-0.25, -0.2) is 9.67 Å². The van der Waals surface area contributed by atoms with Crippen LogP contribution in [0.1, 0.15) is 45.7 Å². The molecule has 7 nitrogen and oxygen atoms in total. The van der Waals surface area contributed by atoms with Crippen LogP contribution in [0.15, 0.2) is 42.7 Å². The highest BCUT2D eigenvalue weighted by Crippen LogP contribution is 2.44. The normalized spacial score (nSPS) is 17.2. The molecule has 2 aliphatic heterocycles. The number of rotatable bonds is 2. The van der Waals surface area contributed by atoms with E-state index < -0.39 is 5.60 Å². The Bertz CT molecular complexity index is 1220. The first kappa shape index (κ1) is 21.0. The first-order valence-electron chi connectivity index (χ1n) is 10.3. The molecule has 0 aliphatic carbocycles. The minimum absolute atomic E-state index is 0.0390. The highest BCUT2D eigenvalue weighted by atomic mass is 35.5. The molecule has 2 aromatic heterocycles. The van der Waals surface area contributed by atoms with E-state index in [1.807, 2.05) is 25.1 Å². The Morgan fingerprint density at radius 1 is 1.19 bits per heavy atom. The van der Waals surface area contributed by atoms with Gasteiger partial charge in [0.2, 0.25) is 0 Å². The van der Waals surface area contributed by atoms with Crippen LogP contribution in [0.4, 0.5) is 0 Å². The number of aromatic nitrogens is 3. The molecule has 1 saturated heterocycles. The Kier molecular flexibility index (Phi) is 5.18. The average Bonchev–Trinajstić information content (AvgIpc) is 3.17. The predicted molar refractivity (Wildman–Crippen MR) is 120 cm³/mol. The summed E-state index contributed by atoms with van der Waals surface area (Å²) in [6, 6.07) is 8.72. The molecule has 164 valence electrons. The molecule has 1 amide bonds. The summed E-state index contributed by atoms with van der Waals surface area (Å²) in [7, 11) is 0. The van der Waals surface area contributed by atoms with Crippen LogP contribution < -0.4 is 4.74 Å². The van der Waals surface area contributed by atoms with Crippen molar-refractivity contribution in [2.75, 3.05) is 13.1 Å². The van der Waals surface area contributed by atoms with Crippen molar-refractivity contribution in [3.05, 3.63) is 69.6 Å². The molecule has 0 bridgehead atoms. The zero-order chi connectivity index (χ0) is 22.5. The zero-order valence-corrected chi connectivity index (χ0v) is 18.9. The molecular weight excluding hydrogens is 451 g/mol. The topological polar surface area (TPSA) is 77.3 Å². The van der Waals surface area contributed by atoms with Gasteiger partial charge in [-0.15, -0.1) is 0 Å². The van der Waals surface area contributed by atoms with Crippen molar-refractivity contribution in [1.29, 1.82) is 0 Å². The number of amides is 1. The van der Waals surface area contributed by atoms with Gasteiger partial charge in [-0.05, 0) is 31.2 Å². The monoisotopic (exact) mass is 470 g/mol. The molecule has 32 heavy (non-hydrogen) atoms. The quantitative estimate of drug-likeness (QED) is 0.549. The summed E-state index contributed by atoms with van der Waals surface area (Å²) in [5.41, 5.74) is 1.03. The number of pyridine rings is 1. The standard InChI is InChI=1S/C23H20Cl2N4O3/c1-14-17(13-27-29(14)20-4-2-3-7-26-20)22(31)28-8-5-23(6-9-28)12-19(30)16-10-15(24)11-18(25)21(16)32-23/h2-4,7,10-11,13H,5-6,8-9,12H2,1H3. The van der Waals surface area contributed by atoms with Crippen molar-refractivity contribution in [3.8, 4) is 11.6 Å². The van der Waals surface area contributed by atoms with Crippen molar-refractivity contribution < 1.29 is 14.3 Å². The summed E-state index contributed by atoms with van der Waals surface area (Å²) in [5, 5.41) is 5.08. The van der Waals surface area contributed by atoms with Gasteiger partial charge in [0.15, 0.2) is 11.6 Å². The van der Waals surface area contributed by atoms with E-state index in [9.17, 15) is 9.59 Å². The van der Waals surface area contributed by atoms with Crippen molar-refractivity contribution in [1.82, 2.24) is 19.7 Å². The summed E-state index contributed by atoms with van der Waals surface area (Å²) >= 11 is 12.3. The minimum Gasteiger partial charge on any atom is -0.484 e. The van der Waals surface area contributed by atoms with E-state index in [-0.39, 0.29) is 18.1 Å². The van der Waals surface area contributed by atoms with Crippen molar-refractivity contribution in [3.63, 3.8) is 0 Å². The highest BCUT2D eigenvalue weighted by molar-refractivity contribution is 6.36. The van der Waals surface area contributed by atoms with Crippen LogP contribution in [-0.2, 0) is 0 Å². The fourth-order valence-corrected chi connectivity index (χ4v) is 4.94. The molecule has 0 radical (unpaired) electrons. The Balaban J connectivity index is 1.33. The van der Waals surface area contributed by atoms with Crippen LogP contribution >= 0.6 is 23.2 Å². The van der Waals surface area contributed by atoms with Crippen LogP contribution in [0.25, 0.3) is 5.82 Å². The Morgan fingerprint density at radius 2 is 1.97 bits per heavy atom. The number of carbonyl (C=O) groups is 2. The number of piperidine rings is 1. The number of ketones is 1. The molecule has 0 unspecified atom stereocenters. The van der Waals surface area contributed by atoms with Gasteiger partial charge in [0.05, 0.1) is 34.5 Å². The molecule has 1 fully saturated rings. The molecule has 1 aromatic carbocycles. The number of benzene rings is 1. The zero-order valence-electron chi connectivity index (χ0n) is 17.3. The van der Waals surface area contributed by atoms with Gasteiger partial charge < -0.3 is 9.64 Å². The second-order valence-corrected chi connectivity index (χ2v) is 9.03. The van der Waals surface area contributed by atoms with Crippen LogP contribution in [0.2, 0.25) is 10.0 Å². The smallest absolute Gasteiger partial charge is 0.257 e. The van der Waals surface area contributed by atoms with E-state index in [4.69, 9.17) is 27.9 Å². The van der Waals surface area contributed by atoms with E-state index in [2.05, 4.69) is 10.1 Å². The Labute approximate surface area is 194 Å². The SMILES string of the molecule is Cc1c(C(=O)N2CCC3(CC2)CC(=O)c2cc(Cl)cc(Cl)c2O3)cnn1-c1ccccn1. The lowest BCUT2D eigenvalue weighted by molar-refractivity contribution is -0.00566. The number of Topliss-reactive ketones (excluding diaryl/α,β-unsaturated/α-hetero) is 1. The van der Waals surface area contributed by atoms with E-state index in [1.165, 1.54) is 0 Å². The number of nitrogens with zero attached hydrogens (tertiary/aromatic N) is 4. The molecule has 0 atom stereocenters. The van der Waals surface area contributed by atoms with Gasteiger partial charge >= 0.3 is 0 Å². The van der Waals surface area contributed by atoms with Crippen LogP contribution in [0.3, 0.4) is 0 Å². The molecule has 9 heteroatoms. The van der Waals surface area contributed by atoms with Crippen molar-refractivity contribution in [2.45, 2.75) is 31.8 Å². The lowest BCUT2D eigenvalue weighted by atomic mass is 9.82. The number of fused-ring (bicyclic) bond motifs is 1. The highest BCUT2D eigenvalue weighted by Gasteiger charge is 2.44. The number of ether oxygens (including phenoxy) is 1. The largest absolute Gasteiger partial charge is 0.484 e. The third kappa shape index (κ3) is 3.55. The summed E-state index contributed by atoms with van der Waals surface area (Å²) in [6.07, 6.45) is 4.59. The summed E-state index contributed by atoms with van der Waals surface area (Å²) < 4.78 is 7.92. The first-order chi connectivity index (χ1) is 15.4. The van der Waals surface area contributed by atoms with Gasteiger partial charge in [0.1, 0.15) is 11.4 Å². The first-order valence-corrected chi connectivity index (χ1v) is 11.1. The fourth-order valence-electron chi connectivity index (χ4n) is 4.41. The van der Waals surface area contributed by atoms with E-state index in [0.29, 0.717) is 58.7 Å². The summed E-state index contributed by atoms with van der Waals surface area (Å²) in [6.45, 7) is 2.80. The second kappa shape index (κ2) is 7.90. The van der Waals surface area contributed by atoms with Crippen molar-refractivity contribution >= 4 is 34.9 Å². The molecule has 3 aromatic rings. The molecular formula is C23H20Cl2N4O3. The van der Waals surface area contributed by atoms with Crippen LogP contribution in [-0.4, -0.2) is 50.0 Å². The van der Waals surface area contributed by atoms with Crippen molar-refractivity contribution in [2.24, 2.45) is 0 Å². The predicted octanol–water partition coefficient (Wildman–Crippen LogP) is 4.52. The number of halogens is 2. The van der Waals surface area contributed by atoms with Gasteiger partial charge in [-0.1, -0.05) is 29.3 Å². The summed E-state index contributed by atoms with van der Waals surface area (Å²) in [4.78, 5) is 32.1. The molecule has 4 heterocycles. The van der Waals surface area contributed by atoms with Crippen LogP contribution in [0.5, 0.6) is 5.75 Å². The third-order valence-electron chi connectivity index (χ3n) is 6.18. The third-order valence-corrected chi connectivity index (χ3v) is 6.68. The van der Waals surface area contributed by atoms with Gasteiger partial charge in [0, 0.05) is 37.2 Å². The number of hydrogen-bond donors (Lipinski definition) is 0. The average molecular weight is 471 g/mol. The number of hydrogen-bond acceptors (Lipinski definition) is 5.